The van der Waals surface area contributed by atoms with Gasteiger partial charge in [0.25, 0.3) is 0 Å². The van der Waals surface area contributed by atoms with Gasteiger partial charge in [0.05, 0.1) is 21.2 Å². The molecule has 0 aliphatic heterocycles. The second kappa shape index (κ2) is 11.3. The Hall–Kier alpha value is -4.09. The van der Waals surface area contributed by atoms with Crippen LogP contribution in [0.1, 0.15) is 30.0 Å². The summed E-state index contributed by atoms with van der Waals surface area (Å²) < 4.78 is 66.8. The maximum absolute atomic E-state index is 14.3. The predicted octanol–water partition coefficient (Wildman–Crippen LogP) is 8.55. The molecule has 6 nitrogen and oxygen atoms in total. The standard InChI is InChI=1S/C30H23ClF4N2O4S/c1-29(2,28(38)39)37-13-12-18-14-20(10-11-24(18)37)40-16-25-23(15-41-26-21(31)4-3-5-22(26)32)36-27(42-25)17-6-8-19(9-7-17)30(33,34)35/h3-14H,15-16H2,1-2H3,(H,38,39). The van der Waals surface area contributed by atoms with Crippen LogP contribution >= 0.6 is 22.9 Å². The van der Waals surface area contributed by atoms with Gasteiger partial charge >= 0.3 is 12.1 Å². The van der Waals surface area contributed by atoms with Gasteiger partial charge < -0.3 is 19.1 Å². The first-order valence-corrected chi connectivity index (χ1v) is 13.7. The first kappa shape index (κ1) is 29.4. The number of aromatic nitrogens is 2. The predicted molar refractivity (Wildman–Crippen MR) is 152 cm³/mol. The molecule has 0 aliphatic rings. The third-order valence-corrected chi connectivity index (χ3v) is 8.08. The quantitative estimate of drug-likeness (QED) is 0.168. The van der Waals surface area contributed by atoms with Gasteiger partial charge in [0.15, 0.2) is 11.6 Å². The van der Waals surface area contributed by atoms with E-state index < -0.39 is 29.1 Å². The number of halogens is 5. The third kappa shape index (κ3) is 5.93. The molecule has 0 unspecified atom stereocenters. The molecule has 2 heterocycles. The number of ether oxygens (including phenoxy) is 2. The van der Waals surface area contributed by atoms with Crippen LogP contribution in [-0.2, 0) is 29.7 Å². The summed E-state index contributed by atoms with van der Waals surface area (Å²) in [4.78, 5) is 16.9. The number of benzene rings is 3. The highest BCUT2D eigenvalue weighted by Crippen LogP contribution is 2.35. The van der Waals surface area contributed by atoms with Crippen LogP contribution in [0.25, 0.3) is 21.5 Å². The summed E-state index contributed by atoms with van der Waals surface area (Å²) in [5.74, 6) is -1.26. The number of thiazole rings is 1. The monoisotopic (exact) mass is 618 g/mol. The maximum atomic E-state index is 14.3. The number of fused-ring (bicyclic) bond motifs is 1. The topological polar surface area (TPSA) is 73.6 Å². The lowest BCUT2D eigenvalue weighted by molar-refractivity contribution is -0.145. The van der Waals surface area contributed by atoms with E-state index >= 15 is 0 Å². The van der Waals surface area contributed by atoms with Crippen molar-refractivity contribution >= 4 is 39.8 Å². The SMILES string of the molecule is CC(C)(C(=O)O)n1ccc2cc(OCc3sc(-c4ccc(C(F)(F)F)cc4)nc3COc3c(F)cccc3Cl)ccc21. The van der Waals surface area contributed by atoms with Gasteiger partial charge in [0.2, 0.25) is 0 Å². The van der Waals surface area contributed by atoms with E-state index in [1.54, 1.807) is 48.9 Å². The fourth-order valence-corrected chi connectivity index (χ4v) is 5.45. The minimum absolute atomic E-state index is 0.0365. The molecular weight excluding hydrogens is 596 g/mol. The molecule has 0 aliphatic carbocycles. The van der Waals surface area contributed by atoms with E-state index in [4.69, 9.17) is 21.1 Å². The second-order valence-corrected chi connectivity index (χ2v) is 11.4. The van der Waals surface area contributed by atoms with Crippen molar-refractivity contribution in [3.63, 3.8) is 0 Å². The van der Waals surface area contributed by atoms with E-state index in [1.165, 1.54) is 41.7 Å². The smallest absolute Gasteiger partial charge is 0.416 e. The molecule has 0 radical (unpaired) electrons. The molecule has 1 N–H and O–H groups in total. The minimum atomic E-state index is -4.47. The van der Waals surface area contributed by atoms with Crippen molar-refractivity contribution in [1.29, 1.82) is 0 Å². The minimum Gasteiger partial charge on any atom is -0.488 e. The third-order valence-electron chi connectivity index (χ3n) is 6.67. The summed E-state index contributed by atoms with van der Waals surface area (Å²) in [5.41, 5.74) is -0.344. The number of carboxylic acids is 1. The van der Waals surface area contributed by atoms with Crippen LogP contribution in [0.4, 0.5) is 17.6 Å². The van der Waals surface area contributed by atoms with Crippen molar-refractivity contribution in [3.05, 3.63) is 99.9 Å². The first-order valence-electron chi connectivity index (χ1n) is 12.6. The van der Waals surface area contributed by atoms with Crippen LogP contribution in [-0.4, -0.2) is 20.6 Å². The molecule has 0 saturated carbocycles. The van der Waals surface area contributed by atoms with Crippen LogP contribution in [0.5, 0.6) is 11.5 Å². The molecule has 0 bridgehead atoms. The molecule has 218 valence electrons. The lowest BCUT2D eigenvalue weighted by Crippen LogP contribution is -2.34. The second-order valence-electron chi connectivity index (χ2n) is 9.86. The van der Waals surface area contributed by atoms with Crippen molar-refractivity contribution < 1.29 is 36.9 Å². The Kier molecular flexibility index (Phi) is 7.91. The summed E-state index contributed by atoms with van der Waals surface area (Å²) in [5, 5.41) is 10.9. The molecule has 12 heteroatoms. The number of carboxylic acid groups (broad SMARTS) is 1. The van der Waals surface area contributed by atoms with Crippen LogP contribution in [0, 0.1) is 5.82 Å². The molecule has 0 amide bonds. The van der Waals surface area contributed by atoms with E-state index in [2.05, 4.69) is 4.98 Å². The van der Waals surface area contributed by atoms with E-state index in [9.17, 15) is 27.5 Å². The van der Waals surface area contributed by atoms with Gasteiger partial charge in [-0.1, -0.05) is 29.8 Å². The molecule has 3 aromatic carbocycles. The van der Waals surface area contributed by atoms with Gasteiger partial charge in [-0.25, -0.2) is 14.2 Å². The van der Waals surface area contributed by atoms with Crippen molar-refractivity contribution in [1.82, 2.24) is 9.55 Å². The Bertz CT molecular complexity index is 1740. The zero-order chi connectivity index (χ0) is 30.2. The Morgan fingerprint density at radius 3 is 2.43 bits per heavy atom. The van der Waals surface area contributed by atoms with Crippen molar-refractivity contribution in [2.24, 2.45) is 0 Å². The molecule has 2 aromatic heterocycles. The fraction of sp³-hybridized carbons (Fsp3) is 0.200. The number of hydrogen-bond acceptors (Lipinski definition) is 5. The van der Waals surface area contributed by atoms with Crippen molar-refractivity contribution in [2.75, 3.05) is 0 Å². The Morgan fingerprint density at radius 2 is 1.76 bits per heavy atom. The van der Waals surface area contributed by atoms with Crippen molar-refractivity contribution in [3.8, 4) is 22.1 Å². The molecule has 42 heavy (non-hydrogen) atoms. The molecule has 5 aromatic rings. The molecule has 0 fully saturated rings. The van der Waals surface area contributed by atoms with E-state index in [0.29, 0.717) is 32.4 Å². The summed E-state index contributed by atoms with van der Waals surface area (Å²) in [6.07, 6.45) is -2.77. The lowest BCUT2D eigenvalue weighted by atomic mass is 10.1. The molecule has 0 atom stereocenters. The Balaban J connectivity index is 1.42. The largest absolute Gasteiger partial charge is 0.488 e. The lowest BCUT2D eigenvalue weighted by Gasteiger charge is -2.23. The first-order chi connectivity index (χ1) is 19.8. The number of para-hydroxylation sites is 1. The van der Waals surface area contributed by atoms with E-state index in [1.807, 2.05) is 0 Å². The van der Waals surface area contributed by atoms with Gasteiger partial charge in [-0.15, -0.1) is 11.3 Å². The number of carbonyl (C=O) groups is 1. The summed E-state index contributed by atoms with van der Waals surface area (Å²) in [7, 11) is 0. The van der Waals surface area contributed by atoms with Gasteiger partial charge in [-0.3, -0.25) is 0 Å². The zero-order valence-electron chi connectivity index (χ0n) is 22.2. The highest BCUT2D eigenvalue weighted by atomic mass is 35.5. The molecule has 0 saturated heterocycles. The average molecular weight is 619 g/mol. The van der Waals surface area contributed by atoms with E-state index in [0.717, 1.165) is 17.5 Å². The molecule has 0 spiro atoms. The van der Waals surface area contributed by atoms with Crippen molar-refractivity contribution in [2.45, 2.75) is 38.8 Å². The van der Waals surface area contributed by atoms with Crippen LogP contribution < -0.4 is 9.47 Å². The van der Waals surface area contributed by atoms with Crippen LogP contribution in [0.2, 0.25) is 5.02 Å². The van der Waals surface area contributed by atoms with Crippen LogP contribution in [0.15, 0.2) is 72.9 Å². The van der Waals surface area contributed by atoms with Crippen LogP contribution in [0.3, 0.4) is 0 Å². The Labute approximate surface area is 246 Å². The highest BCUT2D eigenvalue weighted by Gasteiger charge is 2.31. The Morgan fingerprint density at radius 1 is 1.02 bits per heavy atom. The number of hydrogen-bond donors (Lipinski definition) is 1. The van der Waals surface area contributed by atoms with Gasteiger partial charge in [-0.2, -0.15) is 13.2 Å². The number of alkyl halides is 3. The normalized spacial score (nSPS) is 12.1. The van der Waals surface area contributed by atoms with Gasteiger partial charge in [-0.05, 0) is 62.4 Å². The van der Waals surface area contributed by atoms with Gasteiger partial charge in [0, 0.05) is 22.7 Å². The number of rotatable bonds is 9. The molecular formula is C30H23ClF4N2O4S. The number of nitrogens with zero attached hydrogens (tertiary/aromatic N) is 2. The zero-order valence-corrected chi connectivity index (χ0v) is 23.8. The van der Waals surface area contributed by atoms with E-state index in [-0.39, 0.29) is 24.0 Å². The summed E-state index contributed by atoms with van der Waals surface area (Å²) in [6.45, 7) is 3.09. The average Bonchev–Trinajstić information content (AvgIpc) is 3.55. The highest BCUT2D eigenvalue weighted by molar-refractivity contribution is 7.15. The number of aliphatic carboxylic acids is 1. The summed E-state index contributed by atoms with van der Waals surface area (Å²) in [6, 6.07) is 15.8. The molecule has 5 rings (SSSR count). The van der Waals surface area contributed by atoms with Gasteiger partial charge in [0.1, 0.15) is 29.5 Å². The fourth-order valence-electron chi connectivity index (χ4n) is 4.24. The maximum Gasteiger partial charge on any atom is 0.416 e. The summed E-state index contributed by atoms with van der Waals surface area (Å²) >= 11 is 7.30.